The van der Waals surface area contributed by atoms with Crippen LogP contribution < -0.4 is 15.4 Å². The molecule has 0 bridgehead atoms. The van der Waals surface area contributed by atoms with Crippen LogP contribution in [0, 0.1) is 11.7 Å². The van der Waals surface area contributed by atoms with Crippen molar-refractivity contribution in [2.75, 3.05) is 24.6 Å². The highest BCUT2D eigenvalue weighted by molar-refractivity contribution is 6.36. The van der Waals surface area contributed by atoms with Crippen molar-refractivity contribution in [1.29, 1.82) is 0 Å². The Morgan fingerprint density at radius 3 is 2.49 bits per heavy atom. The summed E-state index contributed by atoms with van der Waals surface area (Å²) in [7, 11) is 0. The van der Waals surface area contributed by atoms with Gasteiger partial charge in [0.05, 0.1) is 12.5 Å². The fraction of sp³-hybridized carbons (Fsp3) is 0.296. The van der Waals surface area contributed by atoms with Crippen LogP contribution in [0.15, 0.2) is 60.7 Å². The fourth-order valence-corrected chi connectivity index (χ4v) is 4.92. The minimum absolute atomic E-state index is 0. The van der Waals surface area contributed by atoms with Crippen LogP contribution >= 0.6 is 35.6 Å². The second kappa shape index (κ2) is 12.6. The van der Waals surface area contributed by atoms with E-state index in [-0.39, 0.29) is 36.6 Å². The number of nitrogens with two attached hydrogens (primary N) is 1. The number of benzene rings is 3. The molecule has 3 aromatic rings. The molecular weight excluding hydrogens is 510 g/mol. The lowest BCUT2D eigenvalue weighted by molar-refractivity contribution is -0.122. The van der Waals surface area contributed by atoms with E-state index in [0.717, 1.165) is 41.0 Å². The summed E-state index contributed by atoms with van der Waals surface area (Å²) in [4.78, 5) is 15.0. The maximum absolute atomic E-state index is 13.6. The summed E-state index contributed by atoms with van der Waals surface area (Å²) in [6.07, 6.45) is 2.71. The quantitative estimate of drug-likeness (QED) is 0.368. The number of anilines is 1. The highest BCUT2D eigenvalue weighted by atomic mass is 35.5. The van der Waals surface area contributed by atoms with Crippen LogP contribution in [0.1, 0.15) is 23.1 Å². The van der Waals surface area contributed by atoms with E-state index in [0.29, 0.717) is 36.0 Å². The van der Waals surface area contributed by atoms with Crippen LogP contribution in [0.5, 0.6) is 5.75 Å². The third-order valence-corrected chi connectivity index (χ3v) is 6.86. The summed E-state index contributed by atoms with van der Waals surface area (Å²) >= 11 is 12.4. The molecule has 1 aliphatic rings. The molecule has 0 saturated heterocycles. The molecule has 3 aromatic carbocycles. The molecule has 1 aliphatic heterocycles. The van der Waals surface area contributed by atoms with Crippen molar-refractivity contribution in [1.82, 2.24) is 0 Å². The molecule has 1 atom stereocenters. The lowest BCUT2D eigenvalue weighted by Gasteiger charge is -2.32. The van der Waals surface area contributed by atoms with Gasteiger partial charge in [0.2, 0.25) is 5.91 Å². The summed E-state index contributed by atoms with van der Waals surface area (Å²) in [6.45, 7) is 1.31. The lowest BCUT2D eigenvalue weighted by Crippen LogP contribution is -2.42. The van der Waals surface area contributed by atoms with Gasteiger partial charge < -0.3 is 15.4 Å². The minimum Gasteiger partial charge on any atom is -0.493 e. The predicted molar refractivity (Wildman–Crippen MR) is 143 cm³/mol. The van der Waals surface area contributed by atoms with E-state index >= 15 is 0 Å². The van der Waals surface area contributed by atoms with Crippen molar-refractivity contribution in [3.05, 3.63) is 93.2 Å². The van der Waals surface area contributed by atoms with Crippen LogP contribution in [0.2, 0.25) is 10.0 Å². The largest absolute Gasteiger partial charge is 0.493 e. The molecule has 0 aliphatic carbocycles. The van der Waals surface area contributed by atoms with Gasteiger partial charge in [0.25, 0.3) is 0 Å². The standard InChI is InChI=1S/C27H27Cl2FN2O2.ClH/c28-24-4-1-5-25(29)23(24)12-14-34-22-9-6-18(7-10-22)15-20(17-31)27(33)32-13-2-3-19-16-21(30)8-11-26(19)32;/h1,4-11,16,20H,2-3,12-15,17,31H2;1H. The summed E-state index contributed by atoms with van der Waals surface area (Å²) in [5.41, 5.74) is 9.53. The predicted octanol–water partition coefficient (Wildman–Crippen LogP) is 6.27. The Hall–Kier alpha value is -2.31. The maximum atomic E-state index is 13.6. The maximum Gasteiger partial charge on any atom is 0.231 e. The molecule has 1 heterocycles. The number of fused-ring (bicyclic) bond motifs is 1. The van der Waals surface area contributed by atoms with E-state index < -0.39 is 0 Å². The van der Waals surface area contributed by atoms with E-state index in [1.165, 1.54) is 12.1 Å². The van der Waals surface area contributed by atoms with E-state index in [2.05, 4.69) is 0 Å². The molecule has 8 heteroatoms. The van der Waals surface area contributed by atoms with Crippen molar-refractivity contribution in [3.63, 3.8) is 0 Å². The molecule has 0 fully saturated rings. The fourth-order valence-electron chi connectivity index (χ4n) is 4.33. The topological polar surface area (TPSA) is 55.6 Å². The van der Waals surface area contributed by atoms with Gasteiger partial charge in [-0.2, -0.15) is 0 Å². The van der Waals surface area contributed by atoms with Gasteiger partial charge in [0.1, 0.15) is 11.6 Å². The minimum atomic E-state index is -0.356. The molecule has 4 rings (SSSR count). The summed E-state index contributed by atoms with van der Waals surface area (Å²) in [5.74, 6) is 0.0763. The molecule has 0 spiro atoms. The van der Waals surface area contributed by atoms with Crippen LogP contribution in [-0.4, -0.2) is 25.6 Å². The van der Waals surface area contributed by atoms with Crippen molar-refractivity contribution >= 4 is 47.2 Å². The number of carbonyl (C=O) groups is 1. The number of ether oxygens (including phenoxy) is 1. The van der Waals surface area contributed by atoms with Gasteiger partial charge in [0, 0.05) is 35.2 Å². The van der Waals surface area contributed by atoms with E-state index in [4.69, 9.17) is 33.7 Å². The third-order valence-electron chi connectivity index (χ3n) is 6.15. The zero-order chi connectivity index (χ0) is 24.1. The molecule has 4 nitrogen and oxygen atoms in total. The van der Waals surface area contributed by atoms with Crippen LogP contribution in [0.4, 0.5) is 10.1 Å². The summed E-state index contributed by atoms with van der Waals surface area (Å²) < 4.78 is 19.5. The molecule has 1 amide bonds. The van der Waals surface area contributed by atoms with Crippen molar-refractivity contribution in [2.24, 2.45) is 11.7 Å². The summed E-state index contributed by atoms with van der Waals surface area (Å²) in [6, 6.07) is 17.7. The highest BCUT2D eigenvalue weighted by Gasteiger charge is 2.28. The Kier molecular flexibility index (Phi) is 9.81. The summed E-state index contributed by atoms with van der Waals surface area (Å²) in [5, 5.41) is 1.26. The second-order valence-corrected chi connectivity index (χ2v) is 9.26. The highest BCUT2D eigenvalue weighted by Crippen LogP contribution is 2.30. The Morgan fingerprint density at radius 2 is 1.80 bits per heavy atom. The molecule has 1 unspecified atom stereocenters. The number of nitrogens with zero attached hydrogens (tertiary/aromatic N) is 1. The smallest absolute Gasteiger partial charge is 0.231 e. The Bertz CT molecular complexity index is 1140. The van der Waals surface area contributed by atoms with Crippen LogP contribution in [-0.2, 0) is 24.1 Å². The van der Waals surface area contributed by atoms with Crippen LogP contribution in [0.25, 0.3) is 0 Å². The van der Waals surface area contributed by atoms with E-state index in [9.17, 15) is 9.18 Å². The Labute approximate surface area is 221 Å². The van der Waals surface area contributed by atoms with Gasteiger partial charge >= 0.3 is 0 Å². The normalized spacial score (nSPS) is 13.5. The average molecular weight is 538 g/mol. The number of hydrogen-bond donors (Lipinski definition) is 1. The Morgan fingerprint density at radius 1 is 1.09 bits per heavy atom. The number of aryl methyl sites for hydroxylation is 1. The molecule has 35 heavy (non-hydrogen) atoms. The number of hydrogen-bond acceptors (Lipinski definition) is 3. The number of amides is 1. The van der Waals surface area contributed by atoms with Gasteiger partial charge in [-0.05, 0) is 78.4 Å². The molecule has 0 aromatic heterocycles. The first-order chi connectivity index (χ1) is 16.5. The molecule has 186 valence electrons. The first-order valence-corrected chi connectivity index (χ1v) is 12.2. The van der Waals surface area contributed by atoms with Crippen molar-refractivity contribution in [3.8, 4) is 5.75 Å². The van der Waals surface area contributed by atoms with E-state index in [1.54, 1.807) is 11.0 Å². The van der Waals surface area contributed by atoms with Gasteiger partial charge in [0.15, 0.2) is 0 Å². The number of rotatable bonds is 8. The van der Waals surface area contributed by atoms with Gasteiger partial charge in [-0.1, -0.05) is 41.4 Å². The lowest BCUT2D eigenvalue weighted by atomic mass is 9.95. The zero-order valence-electron chi connectivity index (χ0n) is 19.2. The Balaban J connectivity index is 0.00000342. The molecule has 2 N–H and O–H groups in total. The van der Waals surface area contributed by atoms with Crippen LogP contribution in [0.3, 0.4) is 0 Å². The first-order valence-electron chi connectivity index (χ1n) is 11.4. The monoisotopic (exact) mass is 536 g/mol. The van der Waals surface area contributed by atoms with Gasteiger partial charge in [-0.15, -0.1) is 12.4 Å². The van der Waals surface area contributed by atoms with Gasteiger partial charge in [-0.3, -0.25) is 4.79 Å². The zero-order valence-corrected chi connectivity index (χ0v) is 21.5. The van der Waals surface area contributed by atoms with Gasteiger partial charge in [-0.25, -0.2) is 4.39 Å². The number of carbonyl (C=O) groups excluding carboxylic acids is 1. The third kappa shape index (κ3) is 6.68. The average Bonchev–Trinajstić information content (AvgIpc) is 2.84. The molecular formula is C27H28Cl3FN2O2. The van der Waals surface area contributed by atoms with E-state index in [1.807, 2.05) is 42.5 Å². The molecule has 0 radical (unpaired) electrons. The van der Waals surface area contributed by atoms with Crippen molar-refractivity contribution in [2.45, 2.75) is 25.7 Å². The SMILES string of the molecule is Cl.NCC(Cc1ccc(OCCc2c(Cl)cccc2Cl)cc1)C(=O)N1CCCc2cc(F)ccc21. The second-order valence-electron chi connectivity index (χ2n) is 8.45. The molecule has 0 saturated carbocycles. The van der Waals surface area contributed by atoms with Crippen molar-refractivity contribution < 1.29 is 13.9 Å². The first kappa shape index (κ1) is 27.3. The number of halogens is 4.